The maximum Gasteiger partial charge on any atom is 0.259 e. The van der Waals surface area contributed by atoms with Crippen molar-refractivity contribution in [1.29, 1.82) is 0 Å². The second-order valence-electron chi connectivity index (χ2n) is 8.90. The number of fused-ring (bicyclic) bond motifs is 2. The minimum absolute atomic E-state index is 0.127. The molecule has 1 amide bonds. The number of halogens is 2. The van der Waals surface area contributed by atoms with Crippen molar-refractivity contribution in [2.45, 2.75) is 38.7 Å². The molecule has 9 heteroatoms. The predicted octanol–water partition coefficient (Wildman–Crippen LogP) is 2.87. The maximum absolute atomic E-state index is 13.3. The lowest BCUT2D eigenvalue weighted by atomic mass is 9.99. The molecular weight excluding hydrogens is 404 g/mol. The topological polar surface area (TPSA) is 71.5 Å². The van der Waals surface area contributed by atoms with E-state index in [1.165, 1.54) is 6.20 Å². The summed E-state index contributed by atoms with van der Waals surface area (Å²) in [6.45, 7) is 5.78. The first-order chi connectivity index (χ1) is 14.8. The summed E-state index contributed by atoms with van der Waals surface area (Å²) in [6, 6.07) is 5.41. The van der Waals surface area contributed by atoms with Gasteiger partial charge in [-0.05, 0) is 44.4 Å². The molecule has 5 rings (SSSR count). The monoisotopic (exact) mass is 429 g/mol. The van der Waals surface area contributed by atoms with Gasteiger partial charge in [0.05, 0.1) is 12.5 Å². The van der Waals surface area contributed by atoms with Crippen LogP contribution < -0.4 is 9.64 Å². The summed E-state index contributed by atoms with van der Waals surface area (Å²) in [5, 5.41) is 0. The summed E-state index contributed by atoms with van der Waals surface area (Å²) in [4.78, 5) is 30.6. The number of alkyl halides is 2. The van der Waals surface area contributed by atoms with Gasteiger partial charge in [-0.15, -0.1) is 0 Å². The number of nitrogens with zero attached hydrogens (tertiary/aromatic N) is 5. The smallest absolute Gasteiger partial charge is 0.259 e. The molecular formula is C22H25F2N5O2. The molecule has 1 aliphatic carbocycles. The van der Waals surface area contributed by atoms with E-state index in [2.05, 4.69) is 19.9 Å². The highest BCUT2D eigenvalue weighted by Crippen LogP contribution is 2.48. The predicted molar refractivity (Wildman–Crippen MR) is 109 cm³/mol. The molecule has 0 N–H and O–H groups in total. The third-order valence-corrected chi connectivity index (χ3v) is 6.30. The number of ether oxygens (including phenoxy) is 1. The Morgan fingerprint density at radius 3 is 2.68 bits per heavy atom. The summed E-state index contributed by atoms with van der Waals surface area (Å²) in [5.74, 6) is -2.46. The van der Waals surface area contributed by atoms with Crippen molar-refractivity contribution >= 4 is 11.9 Å². The van der Waals surface area contributed by atoms with Gasteiger partial charge in [-0.1, -0.05) is 0 Å². The van der Waals surface area contributed by atoms with Crippen LogP contribution in [0, 0.1) is 25.7 Å². The Kier molecular flexibility index (Phi) is 4.79. The van der Waals surface area contributed by atoms with Crippen molar-refractivity contribution in [3.63, 3.8) is 0 Å². The number of piperidine rings is 1. The van der Waals surface area contributed by atoms with Crippen LogP contribution in [0.5, 0.6) is 5.88 Å². The number of carbonyl (C=O) groups excluding carboxylic acids is 1. The van der Waals surface area contributed by atoms with Crippen molar-refractivity contribution in [1.82, 2.24) is 19.9 Å². The van der Waals surface area contributed by atoms with Crippen LogP contribution in [0.25, 0.3) is 0 Å². The van der Waals surface area contributed by atoms with Crippen LogP contribution in [0.1, 0.15) is 34.6 Å². The zero-order valence-corrected chi connectivity index (χ0v) is 17.6. The van der Waals surface area contributed by atoms with Crippen molar-refractivity contribution in [3.8, 4) is 5.88 Å². The molecule has 2 bridgehead atoms. The third-order valence-electron chi connectivity index (χ3n) is 6.30. The van der Waals surface area contributed by atoms with E-state index in [-0.39, 0.29) is 30.9 Å². The van der Waals surface area contributed by atoms with Crippen LogP contribution >= 0.6 is 0 Å². The number of hydrogen-bond acceptors (Lipinski definition) is 6. The van der Waals surface area contributed by atoms with Gasteiger partial charge in [-0.2, -0.15) is 0 Å². The zero-order chi connectivity index (χ0) is 21.8. The molecule has 2 aromatic heterocycles. The highest BCUT2D eigenvalue weighted by molar-refractivity contribution is 5.96. The average Bonchev–Trinajstić information content (AvgIpc) is 3.23. The second-order valence-corrected chi connectivity index (χ2v) is 8.90. The first-order valence-corrected chi connectivity index (χ1v) is 10.6. The van der Waals surface area contributed by atoms with Gasteiger partial charge in [0.25, 0.3) is 11.8 Å². The molecule has 2 saturated heterocycles. The van der Waals surface area contributed by atoms with Gasteiger partial charge in [0.1, 0.15) is 5.56 Å². The standard InChI is InChI=1S/C22H25F2N5O2/c1-13-6-14(2)27-21(26-13)29-10-15-7-17(29)11-28(9-15)20(30)18-4-3-5-25-19(18)31-12-16-8-22(16,23)24/h3-6,15-17H,7-12H2,1-2H3. The molecule has 0 radical (unpaired) electrons. The molecule has 31 heavy (non-hydrogen) atoms. The molecule has 0 aromatic carbocycles. The number of anilines is 1. The van der Waals surface area contributed by atoms with E-state index >= 15 is 0 Å². The summed E-state index contributed by atoms with van der Waals surface area (Å²) in [5.41, 5.74) is 2.17. The van der Waals surface area contributed by atoms with Crippen molar-refractivity contribution in [2.24, 2.45) is 11.8 Å². The van der Waals surface area contributed by atoms with Gasteiger partial charge in [0, 0.05) is 49.7 Å². The summed E-state index contributed by atoms with van der Waals surface area (Å²) >= 11 is 0. The molecule has 0 spiro atoms. The Bertz CT molecular complexity index is 997. The Hall–Kier alpha value is -2.84. The van der Waals surface area contributed by atoms with E-state index in [4.69, 9.17) is 4.74 Å². The van der Waals surface area contributed by atoms with Gasteiger partial charge in [0.15, 0.2) is 0 Å². The molecule has 1 saturated carbocycles. The zero-order valence-electron chi connectivity index (χ0n) is 17.6. The summed E-state index contributed by atoms with van der Waals surface area (Å²) in [6.07, 6.45) is 2.33. The molecule has 3 atom stereocenters. The number of rotatable bonds is 5. The fraction of sp³-hybridized carbons (Fsp3) is 0.545. The molecule has 4 heterocycles. The van der Waals surface area contributed by atoms with Gasteiger partial charge in [-0.25, -0.2) is 23.7 Å². The summed E-state index contributed by atoms with van der Waals surface area (Å²) < 4.78 is 31.9. The molecule has 3 unspecified atom stereocenters. The van der Waals surface area contributed by atoms with Crippen molar-refractivity contribution < 1.29 is 18.3 Å². The van der Waals surface area contributed by atoms with Gasteiger partial charge < -0.3 is 14.5 Å². The number of pyridine rings is 1. The number of aryl methyl sites for hydroxylation is 2. The highest BCUT2D eigenvalue weighted by atomic mass is 19.3. The molecule has 3 aliphatic rings. The Morgan fingerprint density at radius 2 is 1.97 bits per heavy atom. The van der Waals surface area contributed by atoms with E-state index < -0.39 is 11.8 Å². The number of aromatic nitrogens is 3. The van der Waals surface area contributed by atoms with E-state index in [0.29, 0.717) is 24.6 Å². The fourth-order valence-corrected chi connectivity index (χ4v) is 4.68. The largest absolute Gasteiger partial charge is 0.477 e. The number of carbonyl (C=O) groups is 1. The van der Waals surface area contributed by atoms with Crippen LogP contribution in [0.4, 0.5) is 14.7 Å². The normalized spacial score (nSPS) is 26.1. The maximum atomic E-state index is 13.3. The fourth-order valence-electron chi connectivity index (χ4n) is 4.68. The quantitative estimate of drug-likeness (QED) is 0.728. The van der Waals surface area contributed by atoms with Crippen molar-refractivity contribution in [3.05, 3.63) is 41.3 Å². The van der Waals surface area contributed by atoms with Crippen LogP contribution in [0.3, 0.4) is 0 Å². The van der Waals surface area contributed by atoms with E-state index in [9.17, 15) is 13.6 Å². The molecule has 7 nitrogen and oxygen atoms in total. The van der Waals surface area contributed by atoms with Crippen molar-refractivity contribution in [2.75, 3.05) is 31.1 Å². The minimum Gasteiger partial charge on any atom is -0.477 e. The van der Waals surface area contributed by atoms with Gasteiger partial charge >= 0.3 is 0 Å². The van der Waals surface area contributed by atoms with E-state index in [1.807, 2.05) is 24.8 Å². The Morgan fingerprint density at radius 1 is 1.23 bits per heavy atom. The molecule has 164 valence electrons. The van der Waals surface area contributed by atoms with Crippen LogP contribution in [-0.4, -0.2) is 64.0 Å². The lowest BCUT2D eigenvalue weighted by molar-refractivity contribution is 0.0684. The Labute approximate surface area is 179 Å². The molecule has 2 aliphatic heterocycles. The third kappa shape index (κ3) is 3.93. The van der Waals surface area contributed by atoms with Gasteiger partial charge in [-0.3, -0.25) is 4.79 Å². The SMILES string of the molecule is Cc1cc(C)nc(N2CC3CC2CN(C(=O)c2cccnc2OCC2CC2(F)F)C3)n1. The van der Waals surface area contributed by atoms with Crippen LogP contribution in [0.2, 0.25) is 0 Å². The molecule has 3 fully saturated rings. The lowest BCUT2D eigenvalue weighted by Crippen LogP contribution is -2.45. The Balaban J connectivity index is 1.30. The minimum atomic E-state index is -2.66. The second kappa shape index (κ2) is 7.39. The van der Waals surface area contributed by atoms with Crippen LogP contribution in [0.15, 0.2) is 24.4 Å². The van der Waals surface area contributed by atoms with Gasteiger partial charge in [0.2, 0.25) is 11.8 Å². The first kappa shape index (κ1) is 20.1. The highest BCUT2D eigenvalue weighted by Gasteiger charge is 2.57. The van der Waals surface area contributed by atoms with Crippen LogP contribution in [-0.2, 0) is 0 Å². The summed E-state index contributed by atoms with van der Waals surface area (Å²) in [7, 11) is 0. The van der Waals surface area contributed by atoms with E-state index in [0.717, 1.165) is 30.3 Å². The van der Waals surface area contributed by atoms with E-state index in [1.54, 1.807) is 12.1 Å². The number of amides is 1. The number of likely N-dealkylation sites (tertiary alicyclic amines) is 1. The first-order valence-electron chi connectivity index (χ1n) is 10.6. The molecule has 2 aromatic rings. The lowest BCUT2D eigenvalue weighted by Gasteiger charge is -2.33. The number of hydrogen-bond donors (Lipinski definition) is 0. The average molecular weight is 429 g/mol.